The van der Waals surface area contributed by atoms with Gasteiger partial charge in [0.25, 0.3) is 0 Å². The maximum atomic E-state index is 13.2. The summed E-state index contributed by atoms with van der Waals surface area (Å²) in [6, 6.07) is 16.6. The number of hydrogen-bond acceptors (Lipinski definition) is 6. The second kappa shape index (κ2) is 9.03. The minimum Gasteiger partial charge on any atom is -0.497 e. The molecular weight excluding hydrogens is 412 g/mol. The Morgan fingerprint density at radius 1 is 0.935 bits per heavy atom. The normalized spacial score (nSPS) is 14.9. The molecule has 4 rings (SSSR count). The summed E-state index contributed by atoms with van der Waals surface area (Å²) < 4.78 is 33.1. The summed E-state index contributed by atoms with van der Waals surface area (Å²) in [5.41, 5.74) is 2.95. The molecule has 31 heavy (non-hydrogen) atoms. The second-order valence-corrected chi connectivity index (χ2v) is 9.51. The van der Waals surface area contributed by atoms with E-state index in [2.05, 4.69) is 15.5 Å². The number of piperidine rings is 1. The Bertz CT molecular complexity index is 1140. The molecule has 2 heterocycles. The lowest BCUT2D eigenvalue weighted by atomic mass is 10.1. The summed E-state index contributed by atoms with van der Waals surface area (Å²) in [4.78, 5) is 0.342. The van der Waals surface area contributed by atoms with Gasteiger partial charge < -0.3 is 10.1 Å². The van der Waals surface area contributed by atoms with Crippen molar-refractivity contribution < 1.29 is 13.2 Å². The highest BCUT2D eigenvalue weighted by Crippen LogP contribution is 2.28. The van der Waals surface area contributed by atoms with Crippen LogP contribution in [0, 0.1) is 6.92 Å². The van der Waals surface area contributed by atoms with Crippen molar-refractivity contribution >= 4 is 21.5 Å². The van der Waals surface area contributed by atoms with Crippen molar-refractivity contribution in [2.75, 3.05) is 25.5 Å². The van der Waals surface area contributed by atoms with Gasteiger partial charge in [0.2, 0.25) is 10.0 Å². The molecule has 8 heteroatoms. The van der Waals surface area contributed by atoms with Gasteiger partial charge in [-0.1, -0.05) is 18.6 Å². The number of hydrogen-bond donors (Lipinski definition) is 1. The second-order valence-electron chi connectivity index (χ2n) is 7.60. The maximum Gasteiger partial charge on any atom is 0.243 e. The first-order valence-electron chi connectivity index (χ1n) is 10.3. The van der Waals surface area contributed by atoms with E-state index >= 15 is 0 Å². The molecule has 2 aromatic carbocycles. The highest BCUT2D eigenvalue weighted by molar-refractivity contribution is 7.89. The number of benzene rings is 2. The Morgan fingerprint density at radius 2 is 1.68 bits per heavy atom. The Morgan fingerprint density at radius 3 is 2.32 bits per heavy atom. The Labute approximate surface area is 183 Å². The molecule has 0 aliphatic carbocycles. The zero-order chi connectivity index (χ0) is 21.8. The number of nitrogens with one attached hydrogen (secondary N) is 1. The van der Waals surface area contributed by atoms with E-state index in [-0.39, 0.29) is 0 Å². The molecule has 1 aliphatic heterocycles. The van der Waals surface area contributed by atoms with E-state index in [1.807, 2.05) is 55.5 Å². The van der Waals surface area contributed by atoms with Crippen molar-refractivity contribution in [1.82, 2.24) is 14.5 Å². The number of anilines is 2. The molecule has 0 saturated carbocycles. The summed E-state index contributed by atoms with van der Waals surface area (Å²) in [5, 5.41) is 11.7. The zero-order valence-electron chi connectivity index (χ0n) is 17.7. The lowest BCUT2D eigenvalue weighted by Crippen LogP contribution is -2.35. The molecule has 1 aromatic heterocycles. The van der Waals surface area contributed by atoms with Crippen LogP contribution in [0.5, 0.6) is 5.75 Å². The van der Waals surface area contributed by atoms with Gasteiger partial charge in [-0.2, -0.15) is 4.31 Å². The van der Waals surface area contributed by atoms with Gasteiger partial charge in [-0.3, -0.25) is 0 Å². The predicted octanol–water partition coefficient (Wildman–Crippen LogP) is 4.38. The maximum absolute atomic E-state index is 13.2. The largest absolute Gasteiger partial charge is 0.497 e. The van der Waals surface area contributed by atoms with E-state index < -0.39 is 10.0 Å². The van der Waals surface area contributed by atoms with Gasteiger partial charge in [-0.05, 0) is 67.8 Å². The predicted molar refractivity (Wildman–Crippen MR) is 121 cm³/mol. The average molecular weight is 439 g/mol. The first-order valence-corrected chi connectivity index (χ1v) is 11.8. The molecule has 0 atom stereocenters. The molecule has 1 saturated heterocycles. The van der Waals surface area contributed by atoms with Crippen LogP contribution < -0.4 is 10.1 Å². The van der Waals surface area contributed by atoms with Crippen molar-refractivity contribution in [2.45, 2.75) is 31.1 Å². The fraction of sp³-hybridized carbons (Fsp3) is 0.304. The molecule has 3 aromatic rings. The van der Waals surface area contributed by atoms with Gasteiger partial charge in [0.1, 0.15) is 5.75 Å². The van der Waals surface area contributed by atoms with Gasteiger partial charge in [-0.15, -0.1) is 10.2 Å². The number of rotatable bonds is 6. The fourth-order valence-electron chi connectivity index (χ4n) is 3.66. The molecule has 1 N–H and O–H groups in total. The van der Waals surface area contributed by atoms with E-state index in [9.17, 15) is 8.42 Å². The van der Waals surface area contributed by atoms with Gasteiger partial charge in [0.15, 0.2) is 5.82 Å². The number of nitrogens with zero attached hydrogens (tertiary/aromatic N) is 3. The van der Waals surface area contributed by atoms with Crippen LogP contribution in [0.25, 0.3) is 11.3 Å². The smallest absolute Gasteiger partial charge is 0.243 e. The number of methoxy groups -OCH3 is 1. The summed E-state index contributed by atoms with van der Waals surface area (Å²) in [6.07, 6.45) is 2.90. The molecule has 162 valence electrons. The fourth-order valence-corrected chi connectivity index (χ4v) is 5.42. The van der Waals surface area contributed by atoms with Crippen molar-refractivity contribution in [3.63, 3.8) is 0 Å². The van der Waals surface area contributed by atoms with Gasteiger partial charge in [0.05, 0.1) is 17.7 Å². The molecule has 0 radical (unpaired) electrons. The molecule has 1 aliphatic rings. The van der Waals surface area contributed by atoms with E-state index in [0.717, 1.165) is 41.8 Å². The van der Waals surface area contributed by atoms with E-state index in [0.29, 0.717) is 29.5 Å². The molecule has 0 unspecified atom stereocenters. The summed E-state index contributed by atoms with van der Waals surface area (Å²) in [5.74, 6) is 1.38. The molecular formula is C23H26N4O3S. The topological polar surface area (TPSA) is 84.4 Å². The van der Waals surface area contributed by atoms with Crippen LogP contribution in [-0.4, -0.2) is 43.1 Å². The highest BCUT2D eigenvalue weighted by atomic mass is 32.2. The van der Waals surface area contributed by atoms with Crippen molar-refractivity contribution in [2.24, 2.45) is 0 Å². The number of aryl methyl sites for hydroxylation is 1. The van der Waals surface area contributed by atoms with Crippen molar-refractivity contribution in [3.05, 3.63) is 60.2 Å². The lowest BCUT2D eigenvalue weighted by Gasteiger charge is -2.26. The monoisotopic (exact) mass is 438 g/mol. The Hall–Kier alpha value is -2.97. The van der Waals surface area contributed by atoms with E-state index in [1.165, 1.54) is 0 Å². The summed E-state index contributed by atoms with van der Waals surface area (Å²) in [6.45, 7) is 2.99. The third-order valence-electron chi connectivity index (χ3n) is 5.44. The molecule has 0 spiro atoms. The van der Waals surface area contributed by atoms with Crippen LogP contribution in [0.4, 0.5) is 11.5 Å². The van der Waals surface area contributed by atoms with Crippen LogP contribution in [0.15, 0.2) is 59.5 Å². The molecule has 0 amide bonds. The zero-order valence-corrected chi connectivity index (χ0v) is 18.5. The van der Waals surface area contributed by atoms with Crippen LogP contribution in [-0.2, 0) is 10.0 Å². The molecule has 7 nitrogen and oxygen atoms in total. The minimum atomic E-state index is -3.52. The Balaban J connectivity index is 1.56. The highest BCUT2D eigenvalue weighted by Gasteiger charge is 2.27. The molecule has 0 bridgehead atoms. The first kappa shape index (κ1) is 21.3. The van der Waals surface area contributed by atoms with Gasteiger partial charge in [0, 0.05) is 24.3 Å². The number of aromatic nitrogens is 2. The molecule has 1 fully saturated rings. The van der Waals surface area contributed by atoms with E-state index in [1.54, 1.807) is 17.5 Å². The SMILES string of the molecule is COc1ccc(Nc2ccc(-c3ccc(C)c(S(=O)(=O)N4CCCCC4)c3)nn2)cc1. The van der Waals surface area contributed by atoms with Crippen molar-refractivity contribution in [1.29, 1.82) is 0 Å². The number of ether oxygens (including phenoxy) is 1. The van der Waals surface area contributed by atoms with E-state index in [4.69, 9.17) is 4.74 Å². The lowest BCUT2D eigenvalue weighted by molar-refractivity contribution is 0.346. The number of sulfonamides is 1. The van der Waals surface area contributed by atoms with Crippen LogP contribution in [0.3, 0.4) is 0 Å². The minimum absolute atomic E-state index is 0.342. The standard InChI is InChI=1S/C23H26N4O3S/c1-17-6-7-18(16-22(17)31(28,29)27-14-4-3-5-15-27)21-12-13-23(26-25-21)24-19-8-10-20(30-2)11-9-19/h6-13,16H,3-5,14-15H2,1-2H3,(H,24,26). The van der Waals surface area contributed by atoms with Crippen LogP contribution in [0.2, 0.25) is 0 Å². The van der Waals surface area contributed by atoms with Gasteiger partial charge in [-0.25, -0.2) is 8.42 Å². The summed E-state index contributed by atoms with van der Waals surface area (Å²) in [7, 11) is -1.89. The third-order valence-corrected chi connectivity index (χ3v) is 7.48. The van der Waals surface area contributed by atoms with Crippen molar-refractivity contribution in [3.8, 4) is 17.0 Å². The summed E-state index contributed by atoms with van der Waals surface area (Å²) >= 11 is 0. The average Bonchev–Trinajstić information content (AvgIpc) is 2.81. The third kappa shape index (κ3) is 4.70. The van der Waals surface area contributed by atoms with Crippen LogP contribution in [0.1, 0.15) is 24.8 Å². The Kier molecular flexibility index (Phi) is 6.20. The van der Waals surface area contributed by atoms with Crippen LogP contribution >= 0.6 is 0 Å². The van der Waals surface area contributed by atoms with Gasteiger partial charge >= 0.3 is 0 Å². The first-order chi connectivity index (χ1) is 15.0. The quantitative estimate of drug-likeness (QED) is 0.615.